The van der Waals surface area contributed by atoms with E-state index in [9.17, 15) is 0 Å². The predicted octanol–water partition coefficient (Wildman–Crippen LogP) is 4.60. The van der Waals surface area contributed by atoms with Crippen LogP contribution in [0.1, 0.15) is 0 Å². The molecule has 2 aromatic carbocycles. The molecule has 0 spiro atoms. The maximum atomic E-state index is 3.44. The van der Waals surface area contributed by atoms with Crippen LogP contribution in [0.15, 0.2) is 59.1 Å². The molecule has 0 radical (unpaired) electrons. The Kier molecular flexibility index (Phi) is 2.29. The van der Waals surface area contributed by atoms with Crippen LogP contribution in [0.5, 0.6) is 0 Å². The number of para-hydroxylation sites is 1. The van der Waals surface area contributed by atoms with E-state index < -0.39 is 0 Å². The van der Waals surface area contributed by atoms with Crippen molar-refractivity contribution >= 4 is 26.8 Å². The van der Waals surface area contributed by atoms with Crippen LogP contribution in [-0.2, 0) is 0 Å². The standard InChI is InChI=1S/C14H10BrN/c15-12-7-5-10(6-8-12)14-9-11-3-1-2-4-13(11)16-14/h1-9,16H. The first kappa shape index (κ1) is 9.67. The van der Waals surface area contributed by atoms with Gasteiger partial charge in [-0.15, -0.1) is 0 Å². The van der Waals surface area contributed by atoms with E-state index in [-0.39, 0.29) is 0 Å². The van der Waals surface area contributed by atoms with Crippen LogP contribution in [0.4, 0.5) is 0 Å². The largest absolute Gasteiger partial charge is 0.355 e. The quantitative estimate of drug-likeness (QED) is 0.666. The highest BCUT2D eigenvalue weighted by Gasteiger charge is 2.01. The average molecular weight is 272 g/mol. The van der Waals surface area contributed by atoms with Crippen molar-refractivity contribution in [2.75, 3.05) is 0 Å². The Morgan fingerprint density at radius 3 is 2.38 bits per heavy atom. The van der Waals surface area contributed by atoms with Crippen molar-refractivity contribution in [2.24, 2.45) is 0 Å². The summed E-state index contributed by atoms with van der Waals surface area (Å²) in [4.78, 5) is 3.42. The monoisotopic (exact) mass is 271 g/mol. The molecule has 1 N–H and O–H groups in total. The van der Waals surface area contributed by atoms with Gasteiger partial charge in [-0.2, -0.15) is 0 Å². The van der Waals surface area contributed by atoms with Gasteiger partial charge in [0.15, 0.2) is 0 Å². The van der Waals surface area contributed by atoms with Crippen molar-refractivity contribution in [3.8, 4) is 11.3 Å². The number of fused-ring (bicyclic) bond motifs is 1. The zero-order valence-corrected chi connectivity index (χ0v) is 10.2. The Morgan fingerprint density at radius 1 is 0.875 bits per heavy atom. The molecule has 0 bridgehead atoms. The summed E-state index contributed by atoms with van der Waals surface area (Å²) in [5.74, 6) is 0. The summed E-state index contributed by atoms with van der Waals surface area (Å²) in [7, 11) is 0. The Labute approximate surface area is 102 Å². The van der Waals surface area contributed by atoms with Crippen molar-refractivity contribution < 1.29 is 0 Å². The zero-order chi connectivity index (χ0) is 11.0. The number of H-pyrrole nitrogens is 1. The average Bonchev–Trinajstić information content (AvgIpc) is 2.73. The van der Waals surface area contributed by atoms with Crippen LogP contribution < -0.4 is 0 Å². The molecule has 0 atom stereocenters. The molecule has 0 amide bonds. The minimum absolute atomic E-state index is 1.10. The van der Waals surface area contributed by atoms with Crippen molar-refractivity contribution in [1.29, 1.82) is 0 Å². The number of nitrogens with one attached hydrogen (secondary N) is 1. The highest BCUT2D eigenvalue weighted by molar-refractivity contribution is 9.10. The molecule has 1 nitrogen and oxygen atoms in total. The van der Waals surface area contributed by atoms with Gasteiger partial charge in [-0.1, -0.05) is 46.3 Å². The van der Waals surface area contributed by atoms with E-state index in [4.69, 9.17) is 0 Å². The Balaban J connectivity index is 2.15. The summed E-state index contributed by atoms with van der Waals surface area (Å²) in [6.45, 7) is 0. The van der Waals surface area contributed by atoms with Crippen LogP contribution in [0.2, 0.25) is 0 Å². The predicted molar refractivity (Wildman–Crippen MR) is 71.4 cm³/mol. The first-order valence-corrected chi connectivity index (χ1v) is 5.96. The second kappa shape index (κ2) is 3.80. The summed E-state index contributed by atoms with van der Waals surface area (Å²) in [6.07, 6.45) is 0. The first-order chi connectivity index (χ1) is 7.83. The molecule has 0 aliphatic heterocycles. The molecule has 0 aliphatic carbocycles. The van der Waals surface area contributed by atoms with Gasteiger partial charge in [-0.25, -0.2) is 0 Å². The van der Waals surface area contributed by atoms with Gasteiger partial charge in [0.2, 0.25) is 0 Å². The maximum Gasteiger partial charge on any atom is 0.0464 e. The highest BCUT2D eigenvalue weighted by atomic mass is 79.9. The molecule has 0 fully saturated rings. The second-order valence-electron chi connectivity index (χ2n) is 3.78. The smallest absolute Gasteiger partial charge is 0.0464 e. The van der Waals surface area contributed by atoms with Gasteiger partial charge in [0.1, 0.15) is 0 Å². The molecule has 0 unspecified atom stereocenters. The van der Waals surface area contributed by atoms with E-state index in [0.717, 1.165) is 10.2 Å². The Morgan fingerprint density at radius 2 is 1.62 bits per heavy atom. The third-order valence-corrected chi connectivity index (χ3v) is 3.21. The molecule has 3 rings (SSSR count). The number of aromatic nitrogens is 1. The number of halogens is 1. The van der Waals surface area contributed by atoms with Crippen LogP contribution in [-0.4, -0.2) is 4.98 Å². The van der Waals surface area contributed by atoms with Gasteiger partial charge in [0, 0.05) is 21.1 Å². The van der Waals surface area contributed by atoms with E-state index in [0.29, 0.717) is 0 Å². The van der Waals surface area contributed by atoms with Gasteiger partial charge in [0.05, 0.1) is 0 Å². The molecule has 1 heterocycles. The fourth-order valence-corrected chi connectivity index (χ4v) is 2.12. The summed E-state index contributed by atoms with van der Waals surface area (Å²) in [5.41, 5.74) is 3.55. The van der Waals surface area contributed by atoms with Crippen molar-refractivity contribution in [1.82, 2.24) is 4.98 Å². The Bertz CT molecular complexity index is 590. The van der Waals surface area contributed by atoms with Crippen LogP contribution >= 0.6 is 15.9 Å². The number of hydrogen-bond donors (Lipinski definition) is 1. The molecule has 0 saturated carbocycles. The topological polar surface area (TPSA) is 15.8 Å². The molecular weight excluding hydrogens is 262 g/mol. The van der Waals surface area contributed by atoms with E-state index >= 15 is 0 Å². The third-order valence-electron chi connectivity index (χ3n) is 2.69. The lowest BCUT2D eigenvalue weighted by Crippen LogP contribution is -1.75. The highest BCUT2D eigenvalue weighted by Crippen LogP contribution is 2.25. The molecule has 0 saturated heterocycles. The maximum absolute atomic E-state index is 3.44. The number of aromatic amines is 1. The number of hydrogen-bond acceptors (Lipinski definition) is 0. The minimum Gasteiger partial charge on any atom is -0.355 e. The van der Waals surface area contributed by atoms with Gasteiger partial charge in [-0.3, -0.25) is 0 Å². The normalized spacial score (nSPS) is 10.8. The van der Waals surface area contributed by atoms with Crippen LogP contribution in [0, 0.1) is 0 Å². The lowest BCUT2D eigenvalue weighted by Gasteiger charge is -1.97. The molecule has 0 aliphatic rings. The fraction of sp³-hybridized carbons (Fsp3) is 0. The first-order valence-electron chi connectivity index (χ1n) is 5.17. The van der Waals surface area contributed by atoms with Gasteiger partial charge in [-0.05, 0) is 29.8 Å². The Hall–Kier alpha value is -1.54. The van der Waals surface area contributed by atoms with E-state index in [1.807, 2.05) is 6.07 Å². The van der Waals surface area contributed by atoms with Crippen LogP contribution in [0.25, 0.3) is 22.2 Å². The second-order valence-corrected chi connectivity index (χ2v) is 4.69. The molecular formula is C14H10BrN. The zero-order valence-electron chi connectivity index (χ0n) is 8.57. The van der Waals surface area contributed by atoms with Gasteiger partial charge >= 0.3 is 0 Å². The summed E-state index contributed by atoms with van der Waals surface area (Å²) >= 11 is 3.44. The number of rotatable bonds is 1. The molecule has 2 heteroatoms. The summed E-state index contributed by atoms with van der Waals surface area (Å²) in [5, 5.41) is 1.25. The van der Waals surface area contributed by atoms with Gasteiger partial charge in [0.25, 0.3) is 0 Å². The SMILES string of the molecule is Brc1ccc(-c2cc3ccccc3[nH]2)cc1. The van der Waals surface area contributed by atoms with Crippen LogP contribution in [0.3, 0.4) is 0 Å². The lowest BCUT2D eigenvalue weighted by molar-refractivity contribution is 1.45. The minimum atomic E-state index is 1.10. The van der Waals surface area contributed by atoms with Gasteiger partial charge < -0.3 is 4.98 Å². The summed E-state index contributed by atoms with van der Waals surface area (Å²) < 4.78 is 1.10. The molecule has 16 heavy (non-hydrogen) atoms. The lowest BCUT2D eigenvalue weighted by atomic mass is 10.1. The van der Waals surface area contributed by atoms with Crippen molar-refractivity contribution in [2.45, 2.75) is 0 Å². The molecule has 3 aromatic rings. The fourth-order valence-electron chi connectivity index (χ4n) is 1.86. The van der Waals surface area contributed by atoms with E-state index in [1.165, 1.54) is 16.5 Å². The third kappa shape index (κ3) is 1.65. The summed E-state index contributed by atoms with van der Waals surface area (Å²) in [6, 6.07) is 18.8. The van der Waals surface area contributed by atoms with Crippen molar-refractivity contribution in [3.05, 3.63) is 59.1 Å². The molecule has 1 aromatic heterocycles. The number of benzene rings is 2. The molecule has 78 valence electrons. The van der Waals surface area contributed by atoms with E-state index in [1.54, 1.807) is 0 Å². The van der Waals surface area contributed by atoms with Crippen molar-refractivity contribution in [3.63, 3.8) is 0 Å². The van der Waals surface area contributed by atoms with E-state index in [2.05, 4.69) is 69.4 Å².